The molecule has 0 spiro atoms. The summed E-state index contributed by atoms with van der Waals surface area (Å²) in [5.41, 5.74) is 4.61. The monoisotopic (exact) mass is 569 g/mol. The molecule has 1 aliphatic carbocycles. The molecule has 3 heterocycles. The van der Waals surface area contributed by atoms with Gasteiger partial charge in [0.2, 0.25) is 5.89 Å². The van der Waals surface area contributed by atoms with Crippen molar-refractivity contribution >= 4 is 28.9 Å². The lowest BCUT2D eigenvalue weighted by Gasteiger charge is -2.38. The Morgan fingerprint density at radius 1 is 0.952 bits per heavy atom. The van der Waals surface area contributed by atoms with Gasteiger partial charge in [-0.15, -0.1) is 0 Å². The van der Waals surface area contributed by atoms with Crippen molar-refractivity contribution in [1.82, 2.24) is 20.4 Å². The number of aromatic nitrogens is 3. The number of piperazine rings is 1. The molecule has 2 aromatic carbocycles. The largest absolute Gasteiger partial charge is 0.448 e. The first-order valence-corrected chi connectivity index (χ1v) is 14.5. The topological polar surface area (TPSA) is 130 Å². The highest BCUT2D eigenvalue weighted by atomic mass is 16.5. The second-order valence-electron chi connectivity index (χ2n) is 10.9. The number of nitrogens with zero attached hydrogens (tertiary/aromatic N) is 5. The molecule has 218 valence electrons. The highest BCUT2D eigenvalue weighted by molar-refractivity contribution is 6.06. The first-order valence-electron chi connectivity index (χ1n) is 14.5. The number of anilines is 3. The molecule has 0 atom stereocenters. The minimum absolute atomic E-state index is 0.222. The molecule has 0 radical (unpaired) electrons. The summed E-state index contributed by atoms with van der Waals surface area (Å²) in [6.45, 7) is 7.58. The van der Waals surface area contributed by atoms with Gasteiger partial charge in [0.1, 0.15) is 6.26 Å². The Morgan fingerprint density at radius 2 is 1.71 bits per heavy atom. The Bertz CT molecular complexity index is 1570. The molecular weight excluding hydrogens is 534 g/mol. The first-order chi connectivity index (χ1) is 20.4. The van der Waals surface area contributed by atoms with Gasteiger partial charge in [0.25, 0.3) is 11.8 Å². The maximum Gasteiger partial charge on any atom is 0.277 e. The highest BCUT2D eigenvalue weighted by Crippen LogP contribution is 2.39. The van der Waals surface area contributed by atoms with Crippen LogP contribution in [0.4, 0.5) is 17.1 Å². The van der Waals surface area contributed by atoms with E-state index in [1.54, 1.807) is 19.1 Å². The van der Waals surface area contributed by atoms with Gasteiger partial charge < -0.3 is 29.4 Å². The van der Waals surface area contributed by atoms with Crippen molar-refractivity contribution in [2.75, 3.05) is 47.8 Å². The SMILES string of the molecule is Cc1noc(CCCNC(=O)c2ccc(N3CCN(c4ccccc4C)CC3)c(NC(=O)c3coc(C4CC4)n3)c2)n1. The third-order valence-electron chi connectivity index (χ3n) is 7.69. The summed E-state index contributed by atoms with van der Waals surface area (Å²) in [6.07, 6.45) is 4.72. The number of nitrogens with one attached hydrogen (secondary N) is 2. The Hall–Kier alpha value is -4.67. The fraction of sp³-hybridized carbons (Fsp3) is 0.387. The molecule has 6 rings (SSSR count). The molecular formula is C31H35N7O4. The van der Waals surface area contributed by atoms with Crippen molar-refractivity contribution in [2.24, 2.45) is 0 Å². The molecule has 0 unspecified atom stereocenters. The Morgan fingerprint density at radius 3 is 2.43 bits per heavy atom. The Kier molecular flexibility index (Phi) is 7.89. The average molecular weight is 570 g/mol. The number of hydrogen-bond donors (Lipinski definition) is 2. The van der Waals surface area contributed by atoms with E-state index in [2.05, 4.69) is 66.7 Å². The summed E-state index contributed by atoms with van der Waals surface area (Å²) in [6, 6.07) is 13.9. The molecule has 1 aliphatic heterocycles. The summed E-state index contributed by atoms with van der Waals surface area (Å²) >= 11 is 0. The first kappa shape index (κ1) is 27.5. The molecule has 2 fully saturated rings. The zero-order chi connectivity index (χ0) is 29.1. The van der Waals surface area contributed by atoms with Gasteiger partial charge in [-0.1, -0.05) is 23.4 Å². The molecule has 1 saturated carbocycles. The van der Waals surface area contributed by atoms with Gasteiger partial charge in [0.05, 0.1) is 11.4 Å². The third-order valence-corrected chi connectivity index (χ3v) is 7.69. The van der Waals surface area contributed by atoms with Crippen molar-refractivity contribution in [3.05, 3.63) is 83.2 Å². The van der Waals surface area contributed by atoms with Crippen molar-refractivity contribution in [2.45, 2.75) is 45.4 Å². The zero-order valence-corrected chi connectivity index (χ0v) is 23.9. The maximum atomic E-state index is 13.2. The predicted molar refractivity (Wildman–Crippen MR) is 158 cm³/mol. The number of amides is 2. The quantitative estimate of drug-likeness (QED) is 0.265. The summed E-state index contributed by atoms with van der Waals surface area (Å²) in [5.74, 6) is 1.48. The average Bonchev–Trinajstić information content (AvgIpc) is 3.58. The summed E-state index contributed by atoms with van der Waals surface area (Å²) in [4.78, 5) is 39.5. The number of carbonyl (C=O) groups is 2. The third kappa shape index (κ3) is 6.29. The van der Waals surface area contributed by atoms with E-state index in [1.807, 2.05) is 6.07 Å². The number of para-hydroxylation sites is 1. The van der Waals surface area contributed by atoms with E-state index < -0.39 is 0 Å². The minimum Gasteiger partial charge on any atom is -0.448 e. The molecule has 2 aromatic heterocycles. The van der Waals surface area contributed by atoms with Gasteiger partial charge >= 0.3 is 0 Å². The van der Waals surface area contributed by atoms with Crippen LogP contribution < -0.4 is 20.4 Å². The van der Waals surface area contributed by atoms with Crippen LogP contribution in [-0.4, -0.2) is 59.7 Å². The second-order valence-corrected chi connectivity index (χ2v) is 10.9. The van der Waals surface area contributed by atoms with Crippen molar-refractivity contribution in [3.8, 4) is 0 Å². The molecule has 2 N–H and O–H groups in total. The van der Waals surface area contributed by atoms with E-state index in [4.69, 9.17) is 8.94 Å². The molecule has 2 aliphatic rings. The van der Waals surface area contributed by atoms with Gasteiger partial charge in [-0.25, -0.2) is 4.98 Å². The van der Waals surface area contributed by atoms with Crippen LogP contribution in [0.5, 0.6) is 0 Å². The standard InChI is InChI=1S/C31H35N7O4/c1-20-6-3-4-7-26(20)37-14-16-38(17-15-37)27-12-11-23(29(39)32-13-5-8-28-33-21(2)36-42-28)18-24(27)34-30(40)25-19-41-31(35-25)22-9-10-22/h3-4,6-7,11-12,18-19,22H,5,8-10,13-17H2,1-2H3,(H,32,39)(H,34,40). The van der Waals surface area contributed by atoms with Gasteiger partial charge in [0, 0.05) is 56.3 Å². The lowest BCUT2D eigenvalue weighted by molar-refractivity contribution is 0.0951. The van der Waals surface area contributed by atoms with Crippen molar-refractivity contribution in [3.63, 3.8) is 0 Å². The van der Waals surface area contributed by atoms with E-state index in [-0.39, 0.29) is 17.5 Å². The van der Waals surface area contributed by atoms with Gasteiger partial charge in [-0.3, -0.25) is 9.59 Å². The molecule has 11 nitrogen and oxygen atoms in total. The second kappa shape index (κ2) is 12.1. The van der Waals surface area contributed by atoms with Crippen LogP contribution in [-0.2, 0) is 6.42 Å². The van der Waals surface area contributed by atoms with E-state index >= 15 is 0 Å². The van der Waals surface area contributed by atoms with Gasteiger partial charge in [0.15, 0.2) is 17.4 Å². The smallest absolute Gasteiger partial charge is 0.277 e. The van der Waals surface area contributed by atoms with E-state index in [9.17, 15) is 9.59 Å². The number of rotatable bonds is 10. The molecule has 42 heavy (non-hydrogen) atoms. The number of benzene rings is 2. The van der Waals surface area contributed by atoms with Crippen LogP contribution in [0, 0.1) is 13.8 Å². The molecule has 1 saturated heterocycles. The van der Waals surface area contributed by atoms with E-state index in [0.717, 1.165) is 44.7 Å². The lowest BCUT2D eigenvalue weighted by Crippen LogP contribution is -2.47. The fourth-order valence-electron chi connectivity index (χ4n) is 5.24. The predicted octanol–water partition coefficient (Wildman–Crippen LogP) is 4.49. The Balaban J connectivity index is 1.16. The van der Waals surface area contributed by atoms with Crippen LogP contribution in [0.1, 0.15) is 69.2 Å². The van der Waals surface area contributed by atoms with Gasteiger partial charge in [-0.05, 0) is 62.9 Å². The lowest BCUT2D eigenvalue weighted by atomic mass is 10.1. The zero-order valence-electron chi connectivity index (χ0n) is 23.9. The van der Waals surface area contributed by atoms with Crippen molar-refractivity contribution < 1.29 is 18.5 Å². The number of oxazole rings is 1. The maximum absolute atomic E-state index is 13.2. The van der Waals surface area contributed by atoms with E-state index in [0.29, 0.717) is 54.2 Å². The van der Waals surface area contributed by atoms with Crippen LogP contribution in [0.15, 0.2) is 57.7 Å². The van der Waals surface area contributed by atoms with Crippen LogP contribution in [0.25, 0.3) is 0 Å². The number of carbonyl (C=O) groups excluding carboxylic acids is 2. The van der Waals surface area contributed by atoms with Crippen molar-refractivity contribution in [1.29, 1.82) is 0 Å². The molecule has 0 bridgehead atoms. The summed E-state index contributed by atoms with van der Waals surface area (Å²) in [5, 5.41) is 9.75. The number of aryl methyl sites for hydroxylation is 3. The summed E-state index contributed by atoms with van der Waals surface area (Å²) < 4.78 is 10.7. The normalized spacial score (nSPS) is 15.1. The van der Waals surface area contributed by atoms with Gasteiger partial charge in [-0.2, -0.15) is 4.98 Å². The van der Waals surface area contributed by atoms with Crippen LogP contribution >= 0.6 is 0 Å². The minimum atomic E-state index is -0.363. The van der Waals surface area contributed by atoms with Crippen LogP contribution in [0.3, 0.4) is 0 Å². The number of hydrogen-bond acceptors (Lipinski definition) is 9. The highest BCUT2D eigenvalue weighted by Gasteiger charge is 2.30. The molecule has 11 heteroatoms. The van der Waals surface area contributed by atoms with E-state index in [1.165, 1.54) is 17.5 Å². The Labute approximate surface area is 244 Å². The molecule has 4 aromatic rings. The summed E-state index contributed by atoms with van der Waals surface area (Å²) in [7, 11) is 0. The van der Waals surface area contributed by atoms with Crippen LogP contribution in [0.2, 0.25) is 0 Å². The fourth-order valence-corrected chi connectivity index (χ4v) is 5.24. The molecule has 2 amide bonds.